The normalized spacial score (nSPS) is 12.0. The summed E-state index contributed by atoms with van der Waals surface area (Å²) in [6, 6.07) is 5.69. The highest BCUT2D eigenvalue weighted by molar-refractivity contribution is 6.39. The highest BCUT2D eigenvalue weighted by Crippen LogP contribution is 2.23. The lowest BCUT2D eigenvalue weighted by Crippen LogP contribution is -2.17. The van der Waals surface area contributed by atoms with Gasteiger partial charge in [0.1, 0.15) is 17.6 Å². The van der Waals surface area contributed by atoms with E-state index in [-0.39, 0.29) is 11.9 Å². The Morgan fingerprint density at radius 3 is 2.83 bits per heavy atom. The number of nitriles is 1. The fourth-order valence-corrected chi connectivity index (χ4v) is 2.88. The summed E-state index contributed by atoms with van der Waals surface area (Å²) in [5.74, 6) is 6.30. The average Bonchev–Trinajstić information content (AvgIpc) is 3.13. The third-order valence-corrected chi connectivity index (χ3v) is 4.23. The van der Waals surface area contributed by atoms with Crippen LogP contribution >= 0.6 is 0 Å². The molecule has 154 valence electrons. The molecule has 0 aliphatic heterocycles. The van der Waals surface area contributed by atoms with Crippen LogP contribution in [-0.2, 0) is 0 Å². The van der Waals surface area contributed by atoms with E-state index < -0.39 is 0 Å². The summed E-state index contributed by atoms with van der Waals surface area (Å²) in [6.45, 7) is 6.80. The summed E-state index contributed by atoms with van der Waals surface area (Å²) in [5, 5.41) is 21.5. The molecule has 3 heterocycles. The zero-order valence-electron chi connectivity index (χ0n) is 17.2. The van der Waals surface area contributed by atoms with Gasteiger partial charge in [-0.3, -0.25) is 4.99 Å². The van der Waals surface area contributed by atoms with Crippen LogP contribution in [0.2, 0.25) is 0 Å². The number of hydrogen-bond donors (Lipinski definition) is 3. The molecule has 10 heteroatoms. The van der Waals surface area contributed by atoms with Gasteiger partial charge in [0.15, 0.2) is 11.5 Å². The van der Waals surface area contributed by atoms with Crippen LogP contribution in [0, 0.1) is 11.3 Å². The summed E-state index contributed by atoms with van der Waals surface area (Å²) >= 11 is 0. The minimum absolute atomic E-state index is 0.147. The van der Waals surface area contributed by atoms with E-state index in [1.54, 1.807) is 29.4 Å². The van der Waals surface area contributed by atoms with Crippen molar-refractivity contribution in [1.29, 1.82) is 5.26 Å². The van der Waals surface area contributed by atoms with Crippen LogP contribution in [0.1, 0.15) is 38.3 Å². The van der Waals surface area contributed by atoms with Crippen molar-refractivity contribution < 1.29 is 0 Å². The standard InChI is InChI=1S/C20H24N10/c1-4-5-24-11-17(29-23)15-10-25-18(7-16(15)27-12(2)3)30-20-14(9-26-30)6-13(8-21)19(22)28-20/h6-7,9-12H,4-5,23H2,1-3H3,(H2,22,28)(H,25,27). The average molecular weight is 404 g/mol. The van der Waals surface area contributed by atoms with E-state index >= 15 is 0 Å². The van der Waals surface area contributed by atoms with Gasteiger partial charge in [0.25, 0.3) is 0 Å². The Kier molecular flexibility index (Phi) is 6.22. The summed E-state index contributed by atoms with van der Waals surface area (Å²) in [5.41, 5.74) is 8.75. The molecule has 10 nitrogen and oxygen atoms in total. The summed E-state index contributed by atoms with van der Waals surface area (Å²) in [6.07, 6.45) is 5.88. The molecule has 0 aromatic carbocycles. The van der Waals surface area contributed by atoms with Crippen LogP contribution in [0.5, 0.6) is 0 Å². The fourth-order valence-electron chi connectivity index (χ4n) is 2.88. The molecule has 0 spiro atoms. The van der Waals surface area contributed by atoms with Crippen LogP contribution in [-0.4, -0.2) is 44.3 Å². The van der Waals surface area contributed by atoms with Crippen molar-refractivity contribution in [2.24, 2.45) is 15.9 Å². The molecule has 0 amide bonds. The monoisotopic (exact) mass is 404 g/mol. The molecule has 3 aromatic rings. The van der Waals surface area contributed by atoms with E-state index in [0.29, 0.717) is 34.7 Å². The Labute approximate surface area is 174 Å². The molecule has 0 radical (unpaired) electrons. The molecule has 0 aliphatic carbocycles. The van der Waals surface area contributed by atoms with Crippen molar-refractivity contribution in [2.75, 3.05) is 17.6 Å². The number of nitrogens with zero attached hydrogens (tertiary/aromatic N) is 7. The van der Waals surface area contributed by atoms with E-state index in [4.69, 9.17) is 16.8 Å². The molecule has 0 fully saturated rings. The molecule has 0 unspecified atom stereocenters. The molecule has 3 aromatic heterocycles. The highest BCUT2D eigenvalue weighted by atomic mass is 15.3. The number of hydrazone groups is 1. The molecule has 0 bridgehead atoms. The zero-order valence-corrected chi connectivity index (χ0v) is 17.2. The molecule has 3 rings (SSSR count). The Hall–Kier alpha value is -4.00. The van der Waals surface area contributed by atoms with Crippen LogP contribution in [0.15, 0.2) is 34.6 Å². The number of aliphatic imine (C=N–C) groups is 1. The van der Waals surface area contributed by atoms with Gasteiger partial charge < -0.3 is 16.9 Å². The Bertz CT molecular complexity index is 1150. The number of pyridine rings is 2. The molecule has 0 aliphatic rings. The van der Waals surface area contributed by atoms with Gasteiger partial charge in [0.2, 0.25) is 0 Å². The van der Waals surface area contributed by atoms with Gasteiger partial charge in [-0.1, -0.05) is 6.92 Å². The van der Waals surface area contributed by atoms with E-state index in [0.717, 1.165) is 17.7 Å². The minimum atomic E-state index is 0.147. The van der Waals surface area contributed by atoms with Crippen molar-refractivity contribution in [3.63, 3.8) is 0 Å². The molecule has 0 atom stereocenters. The second-order valence-corrected chi connectivity index (χ2v) is 6.94. The minimum Gasteiger partial charge on any atom is -0.383 e. The van der Waals surface area contributed by atoms with Crippen molar-refractivity contribution in [3.8, 4) is 11.9 Å². The van der Waals surface area contributed by atoms with E-state index in [9.17, 15) is 0 Å². The SMILES string of the molecule is CCCN=CC(=NN)c1cnc(-n2ncc3cc(C#N)c(N)nc32)cc1NC(C)C. The number of nitrogen functional groups attached to an aromatic ring is 1. The first-order chi connectivity index (χ1) is 14.5. The number of hydrogen-bond acceptors (Lipinski definition) is 9. The number of fused-ring (bicyclic) bond motifs is 1. The maximum absolute atomic E-state index is 9.16. The second-order valence-electron chi connectivity index (χ2n) is 6.94. The van der Waals surface area contributed by atoms with E-state index in [1.165, 1.54) is 0 Å². The molecule has 5 N–H and O–H groups in total. The lowest BCUT2D eigenvalue weighted by molar-refractivity contribution is 0.857. The summed E-state index contributed by atoms with van der Waals surface area (Å²) in [4.78, 5) is 13.2. The maximum Gasteiger partial charge on any atom is 0.167 e. The molecular weight excluding hydrogens is 380 g/mol. The van der Waals surface area contributed by atoms with Crippen LogP contribution in [0.4, 0.5) is 11.5 Å². The predicted molar refractivity (Wildman–Crippen MR) is 119 cm³/mol. The third-order valence-electron chi connectivity index (χ3n) is 4.23. The molecule has 30 heavy (non-hydrogen) atoms. The largest absolute Gasteiger partial charge is 0.383 e. The maximum atomic E-state index is 9.16. The van der Waals surface area contributed by atoms with Gasteiger partial charge in [-0.15, -0.1) is 0 Å². The number of rotatable bonds is 7. The Morgan fingerprint density at radius 1 is 1.37 bits per heavy atom. The number of aromatic nitrogens is 4. The van der Waals surface area contributed by atoms with Gasteiger partial charge in [0, 0.05) is 47.7 Å². The third kappa shape index (κ3) is 4.20. The lowest BCUT2D eigenvalue weighted by Gasteiger charge is -2.15. The molecule has 0 saturated carbocycles. The molecule has 0 saturated heterocycles. The van der Waals surface area contributed by atoms with Gasteiger partial charge in [0.05, 0.1) is 11.8 Å². The Morgan fingerprint density at radius 2 is 2.17 bits per heavy atom. The Balaban J connectivity index is 2.10. The van der Waals surface area contributed by atoms with Crippen molar-refractivity contribution in [1.82, 2.24) is 19.7 Å². The van der Waals surface area contributed by atoms with Gasteiger partial charge in [-0.25, -0.2) is 9.97 Å². The van der Waals surface area contributed by atoms with Gasteiger partial charge in [-0.05, 0) is 26.3 Å². The lowest BCUT2D eigenvalue weighted by atomic mass is 10.1. The van der Waals surface area contributed by atoms with E-state index in [1.807, 2.05) is 32.9 Å². The van der Waals surface area contributed by atoms with Crippen LogP contribution in [0.3, 0.4) is 0 Å². The number of nitrogens with one attached hydrogen (secondary N) is 1. The first kappa shape index (κ1) is 20.7. The van der Waals surface area contributed by atoms with E-state index in [2.05, 4.69) is 30.5 Å². The highest BCUT2D eigenvalue weighted by Gasteiger charge is 2.15. The summed E-state index contributed by atoms with van der Waals surface area (Å²) < 4.78 is 1.58. The van der Waals surface area contributed by atoms with Crippen LogP contribution in [0.25, 0.3) is 16.9 Å². The summed E-state index contributed by atoms with van der Waals surface area (Å²) in [7, 11) is 0. The van der Waals surface area contributed by atoms with Crippen molar-refractivity contribution in [3.05, 3.63) is 35.7 Å². The van der Waals surface area contributed by atoms with Crippen molar-refractivity contribution in [2.45, 2.75) is 33.2 Å². The smallest absolute Gasteiger partial charge is 0.167 e. The molecular formula is C20H24N10. The fraction of sp³-hybridized carbons (Fsp3) is 0.300. The first-order valence-corrected chi connectivity index (χ1v) is 9.57. The quantitative estimate of drug-likeness (QED) is 0.309. The predicted octanol–water partition coefficient (Wildman–Crippen LogP) is 2.23. The van der Waals surface area contributed by atoms with Crippen LogP contribution < -0.4 is 16.9 Å². The van der Waals surface area contributed by atoms with Gasteiger partial charge >= 0.3 is 0 Å². The zero-order chi connectivity index (χ0) is 21.7. The van der Waals surface area contributed by atoms with Gasteiger partial charge in [-0.2, -0.15) is 20.1 Å². The van der Waals surface area contributed by atoms with Crippen molar-refractivity contribution >= 4 is 34.5 Å². The topological polar surface area (TPSA) is 156 Å². The number of anilines is 2. The number of nitrogens with two attached hydrogens (primary N) is 2. The first-order valence-electron chi connectivity index (χ1n) is 9.57. The second kappa shape index (κ2) is 9.00.